The first-order valence-corrected chi connectivity index (χ1v) is 7.17. The van der Waals surface area contributed by atoms with Crippen LogP contribution in [0.5, 0.6) is 5.75 Å². The molecule has 0 bridgehead atoms. The molecular formula is C18H20N2O2. The average molecular weight is 296 g/mol. The van der Waals surface area contributed by atoms with E-state index >= 15 is 0 Å². The molecule has 0 aliphatic heterocycles. The number of benzene rings is 2. The summed E-state index contributed by atoms with van der Waals surface area (Å²) >= 11 is 0. The van der Waals surface area contributed by atoms with Crippen molar-refractivity contribution in [3.8, 4) is 5.75 Å². The number of hydrogen-bond acceptors (Lipinski definition) is 3. The first-order valence-electron chi connectivity index (χ1n) is 7.17. The molecule has 0 heterocycles. The average Bonchev–Trinajstić information content (AvgIpc) is 2.58. The van der Waals surface area contributed by atoms with Gasteiger partial charge >= 0.3 is 0 Å². The van der Waals surface area contributed by atoms with Gasteiger partial charge in [-0.25, -0.2) is 0 Å². The molecule has 0 saturated carbocycles. The van der Waals surface area contributed by atoms with Crippen molar-refractivity contribution in [2.24, 2.45) is 0 Å². The van der Waals surface area contributed by atoms with Crippen molar-refractivity contribution >= 4 is 11.6 Å². The third-order valence-corrected chi connectivity index (χ3v) is 3.02. The highest BCUT2D eigenvalue weighted by molar-refractivity contribution is 5.81. The van der Waals surface area contributed by atoms with E-state index < -0.39 is 0 Å². The number of ether oxygens (including phenoxy) is 1. The monoisotopic (exact) mass is 296 g/mol. The van der Waals surface area contributed by atoms with Crippen molar-refractivity contribution in [3.05, 3.63) is 72.8 Å². The van der Waals surface area contributed by atoms with Gasteiger partial charge in [0, 0.05) is 6.54 Å². The maximum atomic E-state index is 11.9. The maximum Gasteiger partial charge on any atom is 0.239 e. The zero-order chi connectivity index (χ0) is 15.6. The molecule has 0 radical (unpaired) electrons. The van der Waals surface area contributed by atoms with Gasteiger partial charge in [0.1, 0.15) is 12.4 Å². The van der Waals surface area contributed by atoms with Gasteiger partial charge in [-0.05, 0) is 17.7 Å². The van der Waals surface area contributed by atoms with Crippen LogP contribution in [-0.2, 0) is 11.3 Å². The fourth-order valence-electron chi connectivity index (χ4n) is 1.92. The fraction of sp³-hybridized carbons (Fsp3) is 0.167. The van der Waals surface area contributed by atoms with E-state index in [9.17, 15) is 4.79 Å². The van der Waals surface area contributed by atoms with Gasteiger partial charge in [0.15, 0.2) is 0 Å². The van der Waals surface area contributed by atoms with Crippen LogP contribution in [0.2, 0.25) is 0 Å². The quantitative estimate of drug-likeness (QED) is 0.736. The van der Waals surface area contributed by atoms with Crippen molar-refractivity contribution in [2.45, 2.75) is 6.54 Å². The molecule has 0 aliphatic rings. The highest BCUT2D eigenvalue weighted by Crippen LogP contribution is 2.23. The number of nitrogens with one attached hydrogen (secondary N) is 2. The summed E-state index contributed by atoms with van der Waals surface area (Å²) in [6.07, 6.45) is 1.68. The zero-order valence-electron chi connectivity index (χ0n) is 12.4. The van der Waals surface area contributed by atoms with Crippen LogP contribution in [-0.4, -0.2) is 19.1 Å². The Morgan fingerprint density at radius 3 is 2.59 bits per heavy atom. The van der Waals surface area contributed by atoms with Gasteiger partial charge in [0.05, 0.1) is 12.2 Å². The van der Waals surface area contributed by atoms with Crippen molar-refractivity contribution in [3.63, 3.8) is 0 Å². The van der Waals surface area contributed by atoms with Crippen LogP contribution < -0.4 is 15.4 Å². The van der Waals surface area contributed by atoms with Gasteiger partial charge in [-0.2, -0.15) is 0 Å². The first kappa shape index (κ1) is 15.6. The molecule has 22 heavy (non-hydrogen) atoms. The van der Waals surface area contributed by atoms with E-state index in [0.29, 0.717) is 18.9 Å². The Labute approximate surface area is 130 Å². The summed E-state index contributed by atoms with van der Waals surface area (Å²) in [4.78, 5) is 11.9. The predicted molar refractivity (Wildman–Crippen MR) is 88.9 cm³/mol. The molecular weight excluding hydrogens is 276 g/mol. The summed E-state index contributed by atoms with van der Waals surface area (Å²) in [5.41, 5.74) is 1.87. The van der Waals surface area contributed by atoms with Gasteiger partial charge in [-0.1, -0.05) is 55.1 Å². The second kappa shape index (κ2) is 8.52. The Bertz CT molecular complexity index is 611. The number of hydrogen-bond donors (Lipinski definition) is 2. The predicted octanol–water partition coefficient (Wildman–Crippen LogP) is 2.98. The van der Waals surface area contributed by atoms with Crippen molar-refractivity contribution in [2.75, 3.05) is 18.5 Å². The Balaban J connectivity index is 1.82. The fourth-order valence-corrected chi connectivity index (χ4v) is 1.92. The van der Waals surface area contributed by atoms with Gasteiger partial charge < -0.3 is 15.4 Å². The van der Waals surface area contributed by atoms with Crippen LogP contribution in [0.3, 0.4) is 0 Å². The Morgan fingerprint density at radius 2 is 1.82 bits per heavy atom. The van der Waals surface area contributed by atoms with Gasteiger partial charge in [0.2, 0.25) is 5.91 Å². The Hall–Kier alpha value is -2.75. The van der Waals surface area contributed by atoms with Crippen LogP contribution >= 0.6 is 0 Å². The van der Waals surface area contributed by atoms with E-state index in [2.05, 4.69) is 17.2 Å². The number of carbonyl (C=O) groups is 1. The van der Waals surface area contributed by atoms with Gasteiger partial charge in [-0.3, -0.25) is 4.79 Å². The molecule has 1 amide bonds. The molecule has 2 aromatic rings. The molecule has 0 unspecified atom stereocenters. The zero-order valence-corrected chi connectivity index (χ0v) is 12.4. The summed E-state index contributed by atoms with van der Waals surface area (Å²) in [6.45, 7) is 4.77. The highest BCUT2D eigenvalue weighted by Gasteiger charge is 2.05. The summed E-state index contributed by atoms with van der Waals surface area (Å²) in [5, 5.41) is 5.96. The minimum Gasteiger partial charge on any atom is -0.487 e. The van der Waals surface area contributed by atoms with Crippen LogP contribution in [0.4, 0.5) is 5.69 Å². The largest absolute Gasteiger partial charge is 0.487 e. The van der Waals surface area contributed by atoms with E-state index in [0.717, 1.165) is 11.3 Å². The third-order valence-electron chi connectivity index (χ3n) is 3.02. The summed E-state index contributed by atoms with van der Waals surface area (Å²) in [6, 6.07) is 17.3. The number of rotatable bonds is 8. The van der Waals surface area contributed by atoms with Crippen molar-refractivity contribution in [1.82, 2.24) is 5.32 Å². The van der Waals surface area contributed by atoms with Crippen LogP contribution in [0.15, 0.2) is 67.3 Å². The van der Waals surface area contributed by atoms with Crippen LogP contribution in [0, 0.1) is 0 Å². The minimum absolute atomic E-state index is 0.0672. The molecule has 4 heteroatoms. The van der Waals surface area contributed by atoms with Crippen LogP contribution in [0.1, 0.15) is 5.56 Å². The minimum atomic E-state index is -0.0672. The summed E-state index contributed by atoms with van der Waals surface area (Å²) < 4.78 is 5.54. The molecule has 0 aromatic heterocycles. The molecule has 2 aromatic carbocycles. The lowest BCUT2D eigenvalue weighted by atomic mass is 10.2. The Morgan fingerprint density at radius 1 is 1.09 bits per heavy atom. The van der Waals surface area contributed by atoms with Crippen LogP contribution in [0.25, 0.3) is 0 Å². The number of amides is 1. The second-order valence-electron chi connectivity index (χ2n) is 4.71. The highest BCUT2D eigenvalue weighted by atomic mass is 16.5. The normalized spacial score (nSPS) is 9.82. The number of anilines is 1. The molecule has 0 atom stereocenters. The standard InChI is InChI=1S/C18H20N2O2/c1-2-12-22-17-11-7-6-10-16(17)19-14-18(21)20-13-15-8-4-3-5-9-15/h2-11,19H,1,12-14H2,(H,20,21). The molecule has 2 N–H and O–H groups in total. The van der Waals surface area contributed by atoms with E-state index in [1.807, 2.05) is 54.6 Å². The topological polar surface area (TPSA) is 50.4 Å². The van der Waals surface area contributed by atoms with Gasteiger partial charge in [-0.15, -0.1) is 0 Å². The third kappa shape index (κ3) is 4.98. The maximum absolute atomic E-state index is 11.9. The summed E-state index contributed by atoms with van der Waals surface area (Å²) in [7, 11) is 0. The van der Waals surface area contributed by atoms with E-state index in [1.165, 1.54) is 0 Å². The first-order chi connectivity index (χ1) is 10.8. The van der Waals surface area contributed by atoms with E-state index in [1.54, 1.807) is 6.08 Å². The summed E-state index contributed by atoms with van der Waals surface area (Å²) in [5.74, 6) is 0.639. The lowest BCUT2D eigenvalue weighted by Gasteiger charge is -2.12. The molecule has 4 nitrogen and oxygen atoms in total. The molecule has 114 valence electrons. The van der Waals surface area contributed by atoms with Gasteiger partial charge in [0.25, 0.3) is 0 Å². The number of para-hydroxylation sites is 2. The van der Waals surface area contributed by atoms with Crippen molar-refractivity contribution < 1.29 is 9.53 Å². The molecule has 0 spiro atoms. The smallest absolute Gasteiger partial charge is 0.239 e. The van der Waals surface area contributed by atoms with E-state index in [-0.39, 0.29) is 12.5 Å². The second-order valence-corrected chi connectivity index (χ2v) is 4.71. The lowest BCUT2D eigenvalue weighted by Crippen LogP contribution is -2.29. The van der Waals surface area contributed by atoms with Crippen molar-refractivity contribution in [1.29, 1.82) is 0 Å². The number of carbonyl (C=O) groups excluding carboxylic acids is 1. The molecule has 0 aliphatic carbocycles. The Kier molecular flexibility index (Phi) is 6.05. The molecule has 0 saturated heterocycles. The molecule has 2 rings (SSSR count). The lowest BCUT2D eigenvalue weighted by molar-refractivity contribution is -0.119. The van der Waals surface area contributed by atoms with E-state index in [4.69, 9.17) is 4.74 Å². The molecule has 0 fully saturated rings. The SMILES string of the molecule is C=CCOc1ccccc1NCC(=O)NCc1ccccc1.